The SMILES string of the molecule is CSCCC1CNc2c(C)ccnc2N1. The summed E-state index contributed by atoms with van der Waals surface area (Å²) in [6.45, 7) is 3.11. The van der Waals surface area contributed by atoms with Crippen LogP contribution in [0, 0.1) is 6.92 Å². The smallest absolute Gasteiger partial charge is 0.149 e. The topological polar surface area (TPSA) is 37.0 Å². The Bertz CT molecular complexity index is 341. The van der Waals surface area contributed by atoms with Crippen LogP contribution in [0.5, 0.6) is 0 Å². The van der Waals surface area contributed by atoms with Gasteiger partial charge in [0.2, 0.25) is 0 Å². The molecule has 0 bridgehead atoms. The molecule has 4 heteroatoms. The second kappa shape index (κ2) is 4.75. The van der Waals surface area contributed by atoms with Crippen molar-refractivity contribution in [2.45, 2.75) is 19.4 Å². The molecule has 1 aromatic heterocycles. The molecule has 15 heavy (non-hydrogen) atoms. The molecule has 1 aromatic rings. The van der Waals surface area contributed by atoms with Crippen molar-refractivity contribution >= 4 is 23.3 Å². The van der Waals surface area contributed by atoms with Gasteiger partial charge in [0, 0.05) is 18.8 Å². The summed E-state index contributed by atoms with van der Waals surface area (Å²) in [4.78, 5) is 4.36. The summed E-state index contributed by atoms with van der Waals surface area (Å²) < 4.78 is 0. The fraction of sp³-hybridized carbons (Fsp3) is 0.545. The molecule has 0 aliphatic carbocycles. The molecule has 82 valence electrons. The van der Waals surface area contributed by atoms with Crippen molar-refractivity contribution in [1.82, 2.24) is 4.98 Å². The van der Waals surface area contributed by atoms with Crippen LogP contribution in [0.2, 0.25) is 0 Å². The number of hydrogen-bond acceptors (Lipinski definition) is 4. The van der Waals surface area contributed by atoms with Gasteiger partial charge < -0.3 is 10.6 Å². The van der Waals surface area contributed by atoms with Gasteiger partial charge in [0.1, 0.15) is 5.82 Å². The van der Waals surface area contributed by atoms with E-state index in [0.29, 0.717) is 6.04 Å². The Kier molecular flexibility index (Phi) is 3.36. The summed E-state index contributed by atoms with van der Waals surface area (Å²) in [6.07, 6.45) is 5.19. The Balaban J connectivity index is 2.07. The number of aryl methyl sites for hydroxylation is 1. The standard InChI is InChI=1S/C11H17N3S/c1-8-3-5-12-11-10(8)13-7-9(14-11)4-6-15-2/h3,5,9,13H,4,6-7H2,1-2H3,(H,12,14). The number of nitrogens with one attached hydrogen (secondary N) is 2. The van der Waals surface area contributed by atoms with Gasteiger partial charge in [-0.1, -0.05) is 0 Å². The van der Waals surface area contributed by atoms with Crippen LogP contribution >= 0.6 is 11.8 Å². The molecule has 1 atom stereocenters. The van der Waals surface area contributed by atoms with Crippen molar-refractivity contribution in [1.29, 1.82) is 0 Å². The summed E-state index contributed by atoms with van der Waals surface area (Å²) in [7, 11) is 0. The number of hydrogen-bond donors (Lipinski definition) is 2. The zero-order chi connectivity index (χ0) is 10.7. The molecule has 2 N–H and O–H groups in total. The van der Waals surface area contributed by atoms with Gasteiger partial charge in [-0.05, 0) is 37.0 Å². The van der Waals surface area contributed by atoms with Crippen molar-refractivity contribution in [3.05, 3.63) is 17.8 Å². The minimum absolute atomic E-state index is 0.513. The number of rotatable bonds is 3. The fourth-order valence-electron chi connectivity index (χ4n) is 1.79. The maximum Gasteiger partial charge on any atom is 0.149 e. The number of fused-ring (bicyclic) bond motifs is 1. The predicted octanol–water partition coefficient (Wildman–Crippen LogP) is 2.35. The fourth-order valence-corrected chi connectivity index (χ4v) is 2.32. The van der Waals surface area contributed by atoms with E-state index in [1.807, 2.05) is 24.0 Å². The maximum atomic E-state index is 4.36. The normalized spacial score (nSPS) is 18.9. The van der Waals surface area contributed by atoms with Gasteiger partial charge in [-0.2, -0.15) is 11.8 Å². The van der Waals surface area contributed by atoms with Crippen LogP contribution in [0.25, 0.3) is 0 Å². The molecule has 0 amide bonds. The van der Waals surface area contributed by atoms with Gasteiger partial charge in [0.05, 0.1) is 5.69 Å². The van der Waals surface area contributed by atoms with Crippen LogP contribution in [0.15, 0.2) is 12.3 Å². The van der Waals surface area contributed by atoms with E-state index in [-0.39, 0.29) is 0 Å². The number of nitrogens with zero attached hydrogens (tertiary/aromatic N) is 1. The first-order chi connectivity index (χ1) is 7.31. The number of thioether (sulfide) groups is 1. The van der Waals surface area contributed by atoms with Crippen LogP contribution in [-0.2, 0) is 0 Å². The maximum absolute atomic E-state index is 4.36. The van der Waals surface area contributed by atoms with Gasteiger partial charge in [-0.25, -0.2) is 4.98 Å². The summed E-state index contributed by atoms with van der Waals surface area (Å²) in [5.74, 6) is 2.20. The van der Waals surface area contributed by atoms with E-state index in [1.54, 1.807) is 0 Å². The number of aromatic nitrogens is 1. The molecule has 2 rings (SSSR count). The van der Waals surface area contributed by atoms with Crippen LogP contribution in [0.4, 0.5) is 11.5 Å². The van der Waals surface area contributed by atoms with Gasteiger partial charge >= 0.3 is 0 Å². The highest BCUT2D eigenvalue weighted by atomic mass is 32.2. The summed E-state index contributed by atoms with van der Waals surface area (Å²) in [5.41, 5.74) is 2.42. The van der Waals surface area contributed by atoms with Crippen LogP contribution < -0.4 is 10.6 Å². The molecular formula is C11H17N3S. The molecule has 2 heterocycles. The minimum atomic E-state index is 0.513. The van der Waals surface area contributed by atoms with Gasteiger partial charge in [0.15, 0.2) is 0 Å². The monoisotopic (exact) mass is 223 g/mol. The second-order valence-corrected chi connectivity index (χ2v) is 4.84. The lowest BCUT2D eigenvalue weighted by Gasteiger charge is -2.28. The molecule has 1 unspecified atom stereocenters. The van der Waals surface area contributed by atoms with Crippen LogP contribution in [0.1, 0.15) is 12.0 Å². The van der Waals surface area contributed by atoms with E-state index in [4.69, 9.17) is 0 Å². The van der Waals surface area contributed by atoms with Crippen molar-refractivity contribution in [3.8, 4) is 0 Å². The molecule has 0 aromatic carbocycles. The Morgan fingerprint density at radius 1 is 1.60 bits per heavy atom. The van der Waals surface area contributed by atoms with E-state index >= 15 is 0 Å². The van der Waals surface area contributed by atoms with Crippen LogP contribution in [-0.4, -0.2) is 29.6 Å². The molecule has 1 aliphatic rings. The van der Waals surface area contributed by atoms with Crippen molar-refractivity contribution in [2.75, 3.05) is 29.2 Å². The molecule has 0 fully saturated rings. The average molecular weight is 223 g/mol. The second-order valence-electron chi connectivity index (χ2n) is 3.86. The molecule has 1 aliphatic heterocycles. The molecule has 0 saturated carbocycles. The minimum Gasteiger partial charge on any atom is -0.380 e. The zero-order valence-corrected chi connectivity index (χ0v) is 10.0. The highest BCUT2D eigenvalue weighted by Crippen LogP contribution is 2.27. The number of anilines is 2. The summed E-state index contributed by atoms with van der Waals surface area (Å²) in [5, 5.41) is 6.94. The van der Waals surface area contributed by atoms with Crippen molar-refractivity contribution < 1.29 is 0 Å². The lowest BCUT2D eigenvalue weighted by atomic mass is 10.1. The van der Waals surface area contributed by atoms with E-state index in [0.717, 1.165) is 18.1 Å². The lowest BCUT2D eigenvalue weighted by Crippen LogP contribution is -2.34. The first kappa shape index (κ1) is 10.6. The van der Waals surface area contributed by atoms with Crippen molar-refractivity contribution in [2.24, 2.45) is 0 Å². The Morgan fingerprint density at radius 2 is 2.47 bits per heavy atom. The molecule has 0 saturated heterocycles. The third-order valence-electron chi connectivity index (χ3n) is 2.70. The first-order valence-electron chi connectivity index (χ1n) is 5.26. The molecule has 0 radical (unpaired) electrons. The third-order valence-corrected chi connectivity index (χ3v) is 3.34. The number of pyridine rings is 1. The highest BCUT2D eigenvalue weighted by molar-refractivity contribution is 7.98. The van der Waals surface area contributed by atoms with Gasteiger partial charge in [0.25, 0.3) is 0 Å². The van der Waals surface area contributed by atoms with E-state index in [2.05, 4.69) is 28.8 Å². The highest BCUT2D eigenvalue weighted by Gasteiger charge is 2.18. The van der Waals surface area contributed by atoms with Gasteiger partial charge in [-0.3, -0.25) is 0 Å². The van der Waals surface area contributed by atoms with Gasteiger partial charge in [-0.15, -0.1) is 0 Å². The van der Waals surface area contributed by atoms with Crippen LogP contribution in [0.3, 0.4) is 0 Å². The third kappa shape index (κ3) is 2.37. The zero-order valence-electron chi connectivity index (χ0n) is 9.21. The summed E-state index contributed by atoms with van der Waals surface area (Å²) in [6, 6.07) is 2.55. The largest absolute Gasteiger partial charge is 0.380 e. The van der Waals surface area contributed by atoms with E-state index in [9.17, 15) is 0 Å². The quantitative estimate of drug-likeness (QED) is 0.825. The Labute approximate surface area is 95.1 Å². The molecule has 0 spiro atoms. The predicted molar refractivity (Wildman–Crippen MR) is 67.9 cm³/mol. The Hall–Kier alpha value is -0.900. The average Bonchev–Trinajstić information content (AvgIpc) is 2.26. The Morgan fingerprint density at radius 3 is 3.27 bits per heavy atom. The molecular weight excluding hydrogens is 206 g/mol. The van der Waals surface area contributed by atoms with Crippen molar-refractivity contribution in [3.63, 3.8) is 0 Å². The summed E-state index contributed by atoms with van der Waals surface area (Å²) >= 11 is 1.89. The van der Waals surface area contributed by atoms with E-state index in [1.165, 1.54) is 17.7 Å². The first-order valence-corrected chi connectivity index (χ1v) is 6.65. The molecule has 3 nitrogen and oxygen atoms in total. The lowest BCUT2D eigenvalue weighted by molar-refractivity contribution is 0.713. The van der Waals surface area contributed by atoms with E-state index < -0.39 is 0 Å².